The quantitative estimate of drug-likeness (QED) is 0.588. The molecular weight excluding hydrogens is 348 g/mol. The fraction of sp³-hybridized carbons (Fsp3) is 0.273. The molecule has 5 rings (SSSR count). The predicted molar refractivity (Wildman–Crippen MR) is 110 cm³/mol. The van der Waals surface area contributed by atoms with E-state index in [4.69, 9.17) is 9.97 Å². The third kappa shape index (κ3) is 3.22. The summed E-state index contributed by atoms with van der Waals surface area (Å²) in [4.78, 5) is 24.2. The van der Waals surface area contributed by atoms with Gasteiger partial charge in [-0.3, -0.25) is 4.98 Å². The van der Waals surface area contributed by atoms with Crippen LogP contribution in [0.3, 0.4) is 0 Å². The molecule has 4 aromatic rings. The number of hydrogen-bond acceptors (Lipinski definition) is 5. The number of rotatable bonds is 3. The van der Waals surface area contributed by atoms with Crippen LogP contribution in [-0.2, 0) is 0 Å². The van der Waals surface area contributed by atoms with Gasteiger partial charge in [0.25, 0.3) is 0 Å². The van der Waals surface area contributed by atoms with E-state index >= 15 is 0 Å². The van der Waals surface area contributed by atoms with Gasteiger partial charge in [0.2, 0.25) is 5.95 Å². The van der Waals surface area contributed by atoms with Crippen LogP contribution < -0.4 is 4.90 Å². The molecule has 6 nitrogen and oxygen atoms in total. The molecule has 0 saturated carbocycles. The number of benzene rings is 1. The highest BCUT2D eigenvalue weighted by atomic mass is 15.3. The van der Waals surface area contributed by atoms with E-state index in [1.165, 1.54) is 5.56 Å². The summed E-state index contributed by atoms with van der Waals surface area (Å²) >= 11 is 0. The minimum atomic E-state index is 0.447. The van der Waals surface area contributed by atoms with Crippen molar-refractivity contribution in [2.24, 2.45) is 0 Å². The fourth-order valence-corrected chi connectivity index (χ4v) is 3.85. The Balaban J connectivity index is 1.31. The van der Waals surface area contributed by atoms with Gasteiger partial charge in [0, 0.05) is 31.4 Å². The van der Waals surface area contributed by atoms with Crippen molar-refractivity contribution in [3.63, 3.8) is 0 Å². The maximum atomic E-state index is 4.82. The molecule has 4 heterocycles. The molecule has 1 N–H and O–H groups in total. The monoisotopic (exact) mass is 370 g/mol. The van der Waals surface area contributed by atoms with Crippen molar-refractivity contribution in [2.45, 2.75) is 25.7 Å². The molecule has 3 aromatic heterocycles. The molecule has 6 heteroatoms. The Kier molecular flexibility index (Phi) is 4.24. The first-order valence-electron chi connectivity index (χ1n) is 9.72. The second-order valence-corrected chi connectivity index (χ2v) is 7.36. The lowest BCUT2D eigenvalue weighted by atomic mass is 9.96. The molecule has 1 aliphatic heterocycles. The summed E-state index contributed by atoms with van der Waals surface area (Å²) in [5.41, 5.74) is 5.17. The molecule has 1 aromatic carbocycles. The minimum Gasteiger partial charge on any atom is -0.342 e. The summed E-state index contributed by atoms with van der Waals surface area (Å²) in [5, 5.41) is 0. The van der Waals surface area contributed by atoms with E-state index in [1.807, 2.05) is 30.5 Å². The zero-order chi connectivity index (χ0) is 18.9. The SMILES string of the molecule is Cc1ccc2nc(C3CCN(c4nccc(-c5ccccn5)n4)CC3)[nH]c2c1. The highest BCUT2D eigenvalue weighted by Gasteiger charge is 2.24. The molecule has 0 aliphatic carbocycles. The molecule has 0 spiro atoms. The molecule has 140 valence electrons. The van der Waals surface area contributed by atoms with Gasteiger partial charge in [0.05, 0.1) is 22.4 Å². The Morgan fingerprint density at radius 2 is 1.82 bits per heavy atom. The van der Waals surface area contributed by atoms with E-state index in [2.05, 4.69) is 45.0 Å². The average Bonchev–Trinajstić information content (AvgIpc) is 3.18. The highest BCUT2D eigenvalue weighted by molar-refractivity contribution is 5.75. The van der Waals surface area contributed by atoms with Crippen LogP contribution >= 0.6 is 0 Å². The lowest BCUT2D eigenvalue weighted by molar-refractivity contribution is 0.484. The Bertz CT molecular complexity index is 1100. The van der Waals surface area contributed by atoms with Crippen LogP contribution in [0.5, 0.6) is 0 Å². The highest BCUT2D eigenvalue weighted by Crippen LogP contribution is 2.29. The van der Waals surface area contributed by atoms with Gasteiger partial charge >= 0.3 is 0 Å². The Morgan fingerprint density at radius 1 is 0.929 bits per heavy atom. The number of anilines is 1. The number of aromatic amines is 1. The molecule has 0 radical (unpaired) electrons. The van der Waals surface area contributed by atoms with Crippen LogP contribution in [0.1, 0.15) is 30.1 Å². The predicted octanol–water partition coefficient (Wildman–Crippen LogP) is 4.11. The number of aryl methyl sites for hydroxylation is 1. The number of imidazole rings is 1. The van der Waals surface area contributed by atoms with Crippen molar-refractivity contribution in [2.75, 3.05) is 18.0 Å². The zero-order valence-electron chi connectivity index (χ0n) is 15.8. The molecule has 28 heavy (non-hydrogen) atoms. The largest absolute Gasteiger partial charge is 0.342 e. The summed E-state index contributed by atoms with van der Waals surface area (Å²) in [6.07, 6.45) is 5.68. The second-order valence-electron chi connectivity index (χ2n) is 7.36. The lowest BCUT2D eigenvalue weighted by Gasteiger charge is -2.31. The van der Waals surface area contributed by atoms with Crippen LogP contribution in [0.15, 0.2) is 54.9 Å². The van der Waals surface area contributed by atoms with E-state index in [0.717, 1.165) is 60.1 Å². The van der Waals surface area contributed by atoms with Gasteiger partial charge in [-0.05, 0) is 55.7 Å². The van der Waals surface area contributed by atoms with Crippen molar-refractivity contribution in [3.8, 4) is 11.4 Å². The number of piperidine rings is 1. The van der Waals surface area contributed by atoms with Gasteiger partial charge in [-0.2, -0.15) is 0 Å². The fourth-order valence-electron chi connectivity index (χ4n) is 3.85. The minimum absolute atomic E-state index is 0.447. The second kappa shape index (κ2) is 7.03. The summed E-state index contributed by atoms with van der Waals surface area (Å²) in [7, 11) is 0. The van der Waals surface area contributed by atoms with Gasteiger partial charge in [0.1, 0.15) is 5.82 Å². The standard InChI is InChI=1S/C22H22N6/c1-15-5-6-18-20(14-15)26-21(25-18)16-8-12-28(13-9-16)22-24-11-7-19(27-22)17-4-2-3-10-23-17/h2-7,10-11,14,16H,8-9,12-13H2,1H3,(H,25,26). The lowest BCUT2D eigenvalue weighted by Crippen LogP contribution is -2.34. The maximum absolute atomic E-state index is 4.82. The molecule has 0 unspecified atom stereocenters. The molecular formula is C22H22N6. The number of nitrogens with one attached hydrogen (secondary N) is 1. The summed E-state index contributed by atoms with van der Waals surface area (Å²) < 4.78 is 0. The Labute approximate surface area is 163 Å². The number of pyridine rings is 1. The smallest absolute Gasteiger partial charge is 0.225 e. The van der Waals surface area contributed by atoms with Crippen LogP contribution in [-0.4, -0.2) is 38.0 Å². The van der Waals surface area contributed by atoms with Crippen molar-refractivity contribution < 1.29 is 0 Å². The summed E-state index contributed by atoms with van der Waals surface area (Å²) in [6, 6.07) is 14.1. The van der Waals surface area contributed by atoms with Crippen LogP contribution in [0.2, 0.25) is 0 Å². The van der Waals surface area contributed by atoms with Crippen LogP contribution in [0, 0.1) is 6.92 Å². The van der Waals surface area contributed by atoms with Gasteiger partial charge in [0.15, 0.2) is 0 Å². The molecule has 1 saturated heterocycles. The molecule has 0 bridgehead atoms. The number of aromatic nitrogens is 5. The van der Waals surface area contributed by atoms with E-state index in [0.29, 0.717) is 5.92 Å². The average molecular weight is 370 g/mol. The first-order valence-corrected chi connectivity index (χ1v) is 9.72. The number of H-pyrrole nitrogens is 1. The zero-order valence-corrected chi connectivity index (χ0v) is 15.8. The third-order valence-electron chi connectivity index (χ3n) is 5.39. The van der Waals surface area contributed by atoms with Crippen LogP contribution in [0.4, 0.5) is 5.95 Å². The molecule has 1 aliphatic rings. The van der Waals surface area contributed by atoms with Crippen molar-refractivity contribution >= 4 is 17.0 Å². The summed E-state index contributed by atoms with van der Waals surface area (Å²) in [5.74, 6) is 2.33. The maximum Gasteiger partial charge on any atom is 0.225 e. The van der Waals surface area contributed by atoms with E-state index in [-0.39, 0.29) is 0 Å². The number of fused-ring (bicyclic) bond motifs is 1. The Morgan fingerprint density at radius 3 is 2.64 bits per heavy atom. The van der Waals surface area contributed by atoms with Gasteiger partial charge in [-0.25, -0.2) is 15.0 Å². The molecule has 0 atom stereocenters. The number of nitrogens with zero attached hydrogens (tertiary/aromatic N) is 5. The van der Waals surface area contributed by atoms with Gasteiger partial charge in [-0.1, -0.05) is 12.1 Å². The first kappa shape index (κ1) is 16.9. The third-order valence-corrected chi connectivity index (χ3v) is 5.39. The van der Waals surface area contributed by atoms with E-state index in [1.54, 1.807) is 6.20 Å². The van der Waals surface area contributed by atoms with Crippen molar-refractivity contribution in [1.82, 2.24) is 24.9 Å². The topological polar surface area (TPSA) is 70.6 Å². The normalized spacial score (nSPS) is 15.2. The van der Waals surface area contributed by atoms with Gasteiger partial charge in [-0.15, -0.1) is 0 Å². The van der Waals surface area contributed by atoms with Crippen molar-refractivity contribution in [3.05, 3.63) is 66.2 Å². The Hall–Kier alpha value is -3.28. The van der Waals surface area contributed by atoms with E-state index in [9.17, 15) is 0 Å². The molecule has 0 amide bonds. The van der Waals surface area contributed by atoms with Gasteiger partial charge < -0.3 is 9.88 Å². The molecule has 1 fully saturated rings. The van der Waals surface area contributed by atoms with Crippen LogP contribution in [0.25, 0.3) is 22.4 Å². The summed E-state index contributed by atoms with van der Waals surface area (Å²) in [6.45, 7) is 3.95. The van der Waals surface area contributed by atoms with E-state index < -0.39 is 0 Å². The first-order chi connectivity index (χ1) is 13.8. The number of hydrogen-bond donors (Lipinski definition) is 1. The van der Waals surface area contributed by atoms with Crippen molar-refractivity contribution in [1.29, 1.82) is 0 Å².